The molecule has 1 aromatic heterocycles. The molecule has 1 aliphatic heterocycles. The van der Waals surface area contributed by atoms with Crippen molar-refractivity contribution >= 4 is 17.2 Å². The highest BCUT2D eigenvalue weighted by Crippen LogP contribution is 2.29. The summed E-state index contributed by atoms with van der Waals surface area (Å²) in [7, 11) is 4.78. The van der Waals surface area contributed by atoms with Crippen molar-refractivity contribution in [1.82, 2.24) is 9.13 Å². The number of nitrogens with one attached hydrogen (secondary N) is 2. The van der Waals surface area contributed by atoms with Gasteiger partial charge in [-0.2, -0.15) is 0 Å². The van der Waals surface area contributed by atoms with Crippen molar-refractivity contribution in [2.24, 2.45) is 14.1 Å². The van der Waals surface area contributed by atoms with E-state index in [1.165, 1.54) is 23.7 Å². The van der Waals surface area contributed by atoms with Crippen LogP contribution in [0.5, 0.6) is 0 Å². The summed E-state index contributed by atoms with van der Waals surface area (Å²) in [4.78, 5) is 25.9. The molecule has 7 nitrogen and oxygen atoms in total. The smallest absolute Gasteiger partial charge is 0.332 e. The zero-order chi connectivity index (χ0) is 16.0. The minimum absolute atomic E-state index is 0.334. The van der Waals surface area contributed by atoms with Gasteiger partial charge in [-0.25, -0.2) is 9.18 Å². The van der Waals surface area contributed by atoms with Crippen LogP contribution in [0.15, 0.2) is 33.9 Å². The molecule has 0 fully saturated rings. The van der Waals surface area contributed by atoms with Gasteiger partial charge in [-0.15, -0.1) is 0 Å². The minimum atomic E-state index is -0.461. The first kappa shape index (κ1) is 14.2. The molecule has 3 rings (SSSR count). The lowest BCUT2D eigenvalue weighted by atomic mass is 10.3. The van der Waals surface area contributed by atoms with Gasteiger partial charge in [0.15, 0.2) is 6.29 Å². The fourth-order valence-corrected chi connectivity index (χ4v) is 2.60. The van der Waals surface area contributed by atoms with Crippen LogP contribution in [0.2, 0.25) is 0 Å². The van der Waals surface area contributed by atoms with Crippen molar-refractivity contribution in [1.29, 1.82) is 0 Å². The molecule has 1 aliphatic rings. The first-order valence-corrected chi connectivity index (χ1v) is 6.71. The van der Waals surface area contributed by atoms with E-state index in [1.807, 2.05) is 0 Å². The number of anilines is 3. The van der Waals surface area contributed by atoms with Crippen molar-refractivity contribution < 1.29 is 4.39 Å². The van der Waals surface area contributed by atoms with Crippen LogP contribution in [-0.4, -0.2) is 22.5 Å². The second kappa shape index (κ2) is 4.90. The second-order valence-corrected chi connectivity index (χ2v) is 5.22. The van der Waals surface area contributed by atoms with Gasteiger partial charge in [0.25, 0.3) is 5.56 Å². The third-order valence-electron chi connectivity index (χ3n) is 3.76. The van der Waals surface area contributed by atoms with E-state index in [4.69, 9.17) is 0 Å². The van der Waals surface area contributed by atoms with Gasteiger partial charge in [-0.3, -0.25) is 13.9 Å². The van der Waals surface area contributed by atoms with Gasteiger partial charge < -0.3 is 15.5 Å². The molecule has 2 N–H and O–H groups in total. The maximum Gasteiger partial charge on any atom is 0.332 e. The van der Waals surface area contributed by atoms with Crippen LogP contribution < -0.4 is 26.8 Å². The first-order chi connectivity index (χ1) is 10.4. The molecular weight excluding hydrogens is 289 g/mol. The SMILES string of the molecule is CN1c2c(c(=O)n(C)c(=O)n2C)NC1Nc1cccc(F)c1. The van der Waals surface area contributed by atoms with Crippen molar-refractivity contribution in [3.8, 4) is 0 Å². The number of hydrogen-bond donors (Lipinski definition) is 2. The predicted molar refractivity (Wildman–Crippen MR) is 82.8 cm³/mol. The van der Waals surface area contributed by atoms with Crippen LogP contribution in [0.25, 0.3) is 0 Å². The van der Waals surface area contributed by atoms with Crippen molar-refractivity contribution in [3.63, 3.8) is 0 Å². The number of halogens is 1. The number of aromatic nitrogens is 2. The molecule has 0 amide bonds. The van der Waals surface area contributed by atoms with Gasteiger partial charge in [0.2, 0.25) is 0 Å². The summed E-state index contributed by atoms with van der Waals surface area (Å²) in [6.45, 7) is 0. The summed E-state index contributed by atoms with van der Waals surface area (Å²) < 4.78 is 15.7. The standard InChI is InChI=1S/C14H16FN5O2/c1-18-11-10(12(21)20(3)14(22)19(11)2)17-13(18)16-9-6-4-5-8(15)7-9/h4-7,13,16-17H,1-3H3. The molecule has 8 heteroatoms. The quantitative estimate of drug-likeness (QED) is 0.844. The van der Waals surface area contributed by atoms with E-state index >= 15 is 0 Å². The van der Waals surface area contributed by atoms with Gasteiger partial charge >= 0.3 is 5.69 Å². The van der Waals surface area contributed by atoms with E-state index in [2.05, 4.69) is 10.6 Å². The molecule has 0 saturated carbocycles. The van der Waals surface area contributed by atoms with Gasteiger partial charge in [0, 0.05) is 26.8 Å². The van der Waals surface area contributed by atoms with Crippen molar-refractivity contribution in [2.45, 2.75) is 6.29 Å². The van der Waals surface area contributed by atoms with Crippen LogP contribution >= 0.6 is 0 Å². The number of rotatable bonds is 2. The average Bonchev–Trinajstić information content (AvgIpc) is 2.80. The van der Waals surface area contributed by atoms with Crippen LogP contribution in [0.3, 0.4) is 0 Å². The average molecular weight is 305 g/mol. The molecule has 2 heterocycles. The predicted octanol–water partition coefficient (Wildman–Crippen LogP) is 0.481. The van der Waals surface area contributed by atoms with Crippen molar-refractivity contribution in [3.05, 3.63) is 50.9 Å². The van der Waals surface area contributed by atoms with Gasteiger partial charge in [0.05, 0.1) is 0 Å². The third-order valence-corrected chi connectivity index (χ3v) is 3.76. The molecule has 0 saturated heterocycles. The Kier molecular flexibility index (Phi) is 3.16. The van der Waals surface area contributed by atoms with Crippen molar-refractivity contribution in [2.75, 3.05) is 22.6 Å². The summed E-state index contributed by atoms with van der Waals surface area (Å²) in [5, 5.41) is 6.11. The maximum atomic E-state index is 13.3. The molecular formula is C14H16FN5O2. The maximum absolute atomic E-state index is 13.3. The Morgan fingerprint density at radius 2 is 1.91 bits per heavy atom. The van der Waals surface area contributed by atoms with Gasteiger partial charge in [-0.05, 0) is 18.2 Å². The van der Waals surface area contributed by atoms with Crippen LogP contribution in [-0.2, 0) is 14.1 Å². The Morgan fingerprint density at radius 1 is 1.18 bits per heavy atom. The highest BCUT2D eigenvalue weighted by molar-refractivity contribution is 5.72. The summed E-state index contributed by atoms with van der Waals surface area (Å²) in [5.74, 6) is 0.133. The molecule has 0 aliphatic carbocycles. The second-order valence-electron chi connectivity index (χ2n) is 5.22. The number of nitrogens with zero attached hydrogens (tertiary/aromatic N) is 3. The lowest BCUT2D eigenvalue weighted by Crippen LogP contribution is -2.41. The summed E-state index contributed by atoms with van der Waals surface area (Å²) in [5.41, 5.74) is 0.109. The minimum Gasteiger partial charge on any atom is -0.348 e. The summed E-state index contributed by atoms with van der Waals surface area (Å²) in [6, 6.07) is 6.02. The Morgan fingerprint density at radius 3 is 2.59 bits per heavy atom. The molecule has 1 aromatic carbocycles. The highest BCUT2D eigenvalue weighted by Gasteiger charge is 2.31. The lowest BCUT2D eigenvalue weighted by Gasteiger charge is -2.24. The Labute approximate surface area is 125 Å². The summed E-state index contributed by atoms with van der Waals surface area (Å²) >= 11 is 0. The fraction of sp³-hybridized carbons (Fsp3) is 0.286. The zero-order valence-corrected chi connectivity index (χ0v) is 12.4. The van der Waals surface area contributed by atoms with E-state index in [-0.39, 0.29) is 5.82 Å². The Hall–Kier alpha value is -2.77. The van der Waals surface area contributed by atoms with Crippen LogP contribution in [0.4, 0.5) is 21.6 Å². The van der Waals surface area contributed by atoms with E-state index in [0.717, 1.165) is 4.57 Å². The Bertz CT molecular complexity index is 857. The highest BCUT2D eigenvalue weighted by atomic mass is 19.1. The monoisotopic (exact) mass is 305 g/mol. The van der Waals surface area contributed by atoms with E-state index in [9.17, 15) is 14.0 Å². The van der Waals surface area contributed by atoms with E-state index < -0.39 is 17.5 Å². The molecule has 0 radical (unpaired) electrons. The number of hydrogen-bond acceptors (Lipinski definition) is 5. The van der Waals surface area contributed by atoms with Crippen LogP contribution in [0, 0.1) is 5.82 Å². The van der Waals surface area contributed by atoms with E-state index in [0.29, 0.717) is 17.2 Å². The fourth-order valence-electron chi connectivity index (χ4n) is 2.60. The van der Waals surface area contributed by atoms with Gasteiger partial charge in [0.1, 0.15) is 17.3 Å². The zero-order valence-electron chi connectivity index (χ0n) is 12.4. The molecule has 0 bridgehead atoms. The molecule has 1 atom stereocenters. The summed E-state index contributed by atoms with van der Waals surface area (Å²) in [6.07, 6.45) is -0.461. The molecule has 2 aromatic rings. The third kappa shape index (κ3) is 2.03. The van der Waals surface area contributed by atoms with E-state index in [1.54, 1.807) is 31.1 Å². The van der Waals surface area contributed by atoms with Gasteiger partial charge in [-0.1, -0.05) is 6.07 Å². The Balaban J connectivity index is 2.00. The molecule has 22 heavy (non-hydrogen) atoms. The normalized spacial score (nSPS) is 16.4. The topological polar surface area (TPSA) is 71.3 Å². The number of fused-ring (bicyclic) bond motifs is 1. The molecule has 1 unspecified atom stereocenters. The van der Waals surface area contributed by atoms with Crippen LogP contribution in [0.1, 0.15) is 0 Å². The first-order valence-electron chi connectivity index (χ1n) is 6.71. The lowest BCUT2D eigenvalue weighted by molar-refractivity contribution is 0.627. The molecule has 116 valence electrons. The largest absolute Gasteiger partial charge is 0.348 e. The number of benzene rings is 1. The molecule has 0 spiro atoms.